The van der Waals surface area contributed by atoms with Crippen molar-refractivity contribution >= 4 is 5.97 Å². The third-order valence-electron chi connectivity index (χ3n) is 2.87. The van der Waals surface area contributed by atoms with Crippen LogP contribution in [0.3, 0.4) is 0 Å². The molecule has 4 heteroatoms. The smallest absolute Gasteiger partial charge is 0.307 e. The summed E-state index contributed by atoms with van der Waals surface area (Å²) >= 11 is 0. The molecule has 0 amide bonds. The predicted molar refractivity (Wildman–Crippen MR) is 59.8 cm³/mol. The van der Waals surface area contributed by atoms with Gasteiger partial charge in [-0.05, 0) is 33.4 Å². The average molecular weight is 214 g/mol. The fourth-order valence-electron chi connectivity index (χ4n) is 1.89. The maximum Gasteiger partial charge on any atom is 0.307 e. The van der Waals surface area contributed by atoms with Crippen LogP contribution in [0.2, 0.25) is 0 Å². The highest BCUT2D eigenvalue weighted by atomic mass is 16.5. The molecule has 1 atom stereocenters. The Morgan fingerprint density at radius 1 is 1.60 bits per heavy atom. The molecule has 0 radical (unpaired) electrons. The van der Waals surface area contributed by atoms with Gasteiger partial charge in [-0.25, -0.2) is 0 Å². The van der Waals surface area contributed by atoms with Gasteiger partial charge in [0.05, 0.1) is 13.0 Å². The maximum absolute atomic E-state index is 11.2. The van der Waals surface area contributed by atoms with E-state index in [1.165, 1.54) is 12.8 Å². The molecule has 0 saturated carbocycles. The second kappa shape index (κ2) is 6.80. The first-order chi connectivity index (χ1) is 7.24. The van der Waals surface area contributed by atoms with E-state index >= 15 is 0 Å². The molecular formula is C11H22N2O2. The van der Waals surface area contributed by atoms with Crippen LogP contribution >= 0.6 is 0 Å². The van der Waals surface area contributed by atoms with Gasteiger partial charge < -0.3 is 15.0 Å². The molecule has 1 fully saturated rings. The van der Waals surface area contributed by atoms with E-state index < -0.39 is 0 Å². The molecule has 88 valence electrons. The molecule has 1 saturated heterocycles. The second-order valence-electron chi connectivity index (χ2n) is 4.04. The van der Waals surface area contributed by atoms with Gasteiger partial charge in [-0.1, -0.05) is 0 Å². The van der Waals surface area contributed by atoms with Gasteiger partial charge in [0.25, 0.3) is 0 Å². The normalized spacial score (nSPS) is 21.7. The molecule has 0 bridgehead atoms. The summed E-state index contributed by atoms with van der Waals surface area (Å²) in [6.45, 7) is 5.28. The van der Waals surface area contributed by atoms with Crippen molar-refractivity contribution < 1.29 is 9.53 Å². The zero-order valence-electron chi connectivity index (χ0n) is 9.79. The van der Waals surface area contributed by atoms with Crippen molar-refractivity contribution in [2.24, 2.45) is 0 Å². The Morgan fingerprint density at radius 2 is 2.40 bits per heavy atom. The van der Waals surface area contributed by atoms with Crippen molar-refractivity contribution in [1.29, 1.82) is 0 Å². The molecule has 1 N–H and O–H groups in total. The fraction of sp³-hybridized carbons (Fsp3) is 0.909. The lowest BCUT2D eigenvalue weighted by Crippen LogP contribution is -2.44. The quantitative estimate of drug-likeness (QED) is 0.681. The number of piperidine rings is 1. The highest BCUT2D eigenvalue weighted by Gasteiger charge is 2.18. The van der Waals surface area contributed by atoms with Crippen LogP contribution in [-0.2, 0) is 9.53 Å². The third-order valence-corrected chi connectivity index (χ3v) is 2.87. The van der Waals surface area contributed by atoms with Crippen LogP contribution in [0, 0.1) is 0 Å². The lowest BCUT2D eigenvalue weighted by molar-refractivity contribution is -0.143. The Labute approximate surface area is 92.0 Å². The summed E-state index contributed by atoms with van der Waals surface area (Å²) in [5.41, 5.74) is 0. The SMILES string of the molecule is CCOC(=O)CCN(C)C1CCCNC1. The summed E-state index contributed by atoms with van der Waals surface area (Å²) in [7, 11) is 2.08. The summed E-state index contributed by atoms with van der Waals surface area (Å²) < 4.78 is 4.90. The molecule has 0 aromatic rings. The molecule has 1 rings (SSSR count). The standard InChI is InChI=1S/C11H22N2O2/c1-3-15-11(14)6-8-13(2)10-5-4-7-12-9-10/h10,12H,3-9H2,1-2H3. The number of nitrogens with one attached hydrogen (secondary N) is 1. The minimum Gasteiger partial charge on any atom is -0.466 e. The van der Waals surface area contributed by atoms with Gasteiger partial charge in [-0.3, -0.25) is 4.79 Å². The summed E-state index contributed by atoms with van der Waals surface area (Å²) in [5.74, 6) is -0.0897. The molecule has 1 unspecified atom stereocenters. The van der Waals surface area contributed by atoms with E-state index in [-0.39, 0.29) is 5.97 Å². The number of carbonyl (C=O) groups excluding carboxylic acids is 1. The van der Waals surface area contributed by atoms with Crippen LogP contribution in [0.25, 0.3) is 0 Å². The monoisotopic (exact) mass is 214 g/mol. The van der Waals surface area contributed by atoms with E-state index in [1.807, 2.05) is 6.92 Å². The predicted octanol–water partition coefficient (Wildman–Crippen LogP) is 0.623. The first-order valence-electron chi connectivity index (χ1n) is 5.80. The lowest BCUT2D eigenvalue weighted by atomic mass is 10.1. The molecule has 0 aromatic carbocycles. The topological polar surface area (TPSA) is 41.6 Å². The Bertz CT molecular complexity index is 191. The van der Waals surface area contributed by atoms with E-state index in [0.29, 0.717) is 19.1 Å². The number of ether oxygens (including phenoxy) is 1. The van der Waals surface area contributed by atoms with Crippen molar-refractivity contribution in [3.8, 4) is 0 Å². The Hall–Kier alpha value is -0.610. The molecule has 0 spiro atoms. The summed E-state index contributed by atoms with van der Waals surface area (Å²) in [4.78, 5) is 13.4. The van der Waals surface area contributed by atoms with Crippen molar-refractivity contribution in [3.05, 3.63) is 0 Å². The van der Waals surface area contributed by atoms with Gasteiger partial charge in [-0.2, -0.15) is 0 Å². The minimum atomic E-state index is -0.0897. The van der Waals surface area contributed by atoms with Gasteiger partial charge >= 0.3 is 5.97 Å². The number of likely N-dealkylation sites (N-methyl/N-ethyl adjacent to an activating group) is 1. The number of rotatable bonds is 5. The van der Waals surface area contributed by atoms with E-state index in [4.69, 9.17) is 4.74 Å². The van der Waals surface area contributed by atoms with Crippen LogP contribution in [0.4, 0.5) is 0 Å². The van der Waals surface area contributed by atoms with E-state index in [0.717, 1.165) is 19.6 Å². The largest absolute Gasteiger partial charge is 0.466 e. The third kappa shape index (κ3) is 4.62. The van der Waals surface area contributed by atoms with Crippen molar-refractivity contribution in [3.63, 3.8) is 0 Å². The van der Waals surface area contributed by atoms with Gasteiger partial charge in [0.1, 0.15) is 0 Å². The number of nitrogens with zero attached hydrogens (tertiary/aromatic N) is 1. The minimum absolute atomic E-state index is 0.0897. The van der Waals surface area contributed by atoms with Crippen molar-refractivity contribution in [1.82, 2.24) is 10.2 Å². The number of esters is 1. The highest BCUT2D eigenvalue weighted by Crippen LogP contribution is 2.08. The summed E-state index contributed by atoms with van der Waals surface area (Å²) in [6, 6.07) is 0.577. The first-order valence-corrected chi connectivity index (χ1v) is 5.80. The number of hydrogen-bond acceptors (Lipinski definition) is 4. The number of carbonyl (C=O) groups is 1. The fourth-order valence-corrected chi connectivity index (χ4v) is 1.89. The molecule has 1 heterocycles. The summed E-state index contributed by atoms with van der Waals surface area (Å²) in [6.07, 6.45) is 2.96. The Balaban J connectivity index is 2.16. The molecule has 0 aliphatic carbocycles. The van der Waals surface area contributed by atoms with Gasteiger partial charge in [0.2, 0.25) is 0 Å². The molecule has 4 nitrogen and oxygen atoms in total. The Kier molecular flexibility index (Phi) is 5.65. The van der Waals surface area contributed by atoms with Crippen LogP contribution in [0.5, 0.6) is 0 Å². The molecule has 15 heavy (non-hydrogen) atoms. The maximum atomic E-state index is 11.2. The zero-order chi connectivity index (χ0) is 11.1. The van der Waals surface area contributed by atoms with Crippen LogP contribution in [0.1, 0.15) is 26.2 Å². The van der Waals surface area contributed by atoms with Gasteiger partial charge in [0, 0.05) is 19.1 Å². The first kappa shape index (κ1) is 12.5. The molecule has 1 aliphatic heterocycles. The van der Waals surface area contributed by atoms with Crippen LogP contribution < -0.4 is 5.32 Å². The average Bonchev–Trinajstić information content (AvgIpc) is 2.27. The van der Waals surface area contributed by atoms with E-state index in [1.54, 1.807) is 0 Å². The van der Waals surface area contributed by atoms with Crippen molar-refractivity contribution in [2.45, 2.75) is 32.2 Å². The van der Waals surface area contributed by atoms with Gasteiger partial charge in [0.15, 0.2) is 0 Å². The molecular weight excluding hydrogens is 192 g/mol. The summed E-state index contributed by atoms with van der Waals surface area (Å²) in [5, 5.41) is 3.37. The van der Waals surface area contributed by atoms with Gasteiger partial charge in [-0.15, -0.1) is 0 Å². The lowest BCUT2D eigenvalue weighted by Gasteiger charge is -2.31. The second-order valence-corrected chi connectivity index (χ2v) is 4.04. The van der Waals surface area contributed by atoms with Crippen molar-refractivity contribution in [2.75, 3.05) is 33.3 Å². The zero-order valence-corrected chi connectivity index (χ0v) is 9.79. The van der Waals surface area contributed by atoms with E-state index in [2.05, 4.69) is 17.3 Å². The highest BCUT2D eigenvalue weighted by molar-refractivity contribution is 5.69. The number of hydrogen-bond donors (Lipinski definition) is 1. The molecule has 1 aliphatic rings. The Morgan fingerprint density at radius 3 is 3.00 bits per heavy atom. The molecule has 0 aromatic heterocycles. The van der Waals surface area contributed by atoms with Crippen LogP contribution in [0.15, 0.2) is 0 Å². The van der Waals surface area contributed by atoms with Crippen LogP contribution in [-0.4, -0.2) is 50.2 Å². The van der Waals surface area contributed by atoms with E-state index in [9.17, 15) is 4.79 Å².